The highest BCUT2D eigenvalue weighted by molar-refractivity contribution is 6.05. The standard InChI is InChI=1S/C15H21N7O2/c1-10-8-11(13(17-9-10)22-6-4-16-5-7-22)18-14(23)12-15(24-3)20-21(2)19-12/h8-9,16H,4-7H2,1-3H3,(H,18,23). The number of hydrogen-bond donors (Lipinski definition) is 2. The molecule has 3 heterocycles. The highest BCUT2D eigenvalue weighted by Gasteiger charge is 2.22. The molecule has 0 aromatic carbocycles. The minimum absolute atomic E-state index is 0.146. The lowest BCUT2D eigenvalue weighted by atomic mass is 10.2. The fourth-order valence-corrected chi connectivity index (χ4v) is 2.63. The monoisotopic (exact) mass is 331 g/mol. The van der Waals surface area contributed by atoms with E-state index < -0.39 is 0 Å². The fourth-order valence-electron chi connectivity index (χ4n) is 2.63. The molecule has 1 amide bonds. The van der Waals surface area contributed by atoms with E-state index in [0.717, 1.165) is 37.6 Å². The average molecular weight is 331 g/mol. The van der Waals surface area contributed by atoms with Gasteiger partial charge in [-0.3, -0.25) is 4.79 Å². The Balaban J connectivity index is 1.88. The molecule has 1 fully saturated rings. The predicted molar refractivity (Wildman–Crippen MR) is 89.6 cm³/mol. The average Bonchev–Trinajstić information content (AvgIpc) is 2.97. The molecule has 2 aromatic heterocycles. The van der Waals surface area contributed by atoms with Gasteiger partial charge in [0.1, 0.15) is 0 Å². The Morgan fingerprint density at radius 2 is 2.08 bits per heavy atom. The largest absolute Gasteiger partial charge is 0.478 e. The first-order valence-electron chi connectivity index (χ1n) is 7.77. The van der Waals surface area contributed by atoms with Crippen molar-refractivity contribution in [1.82, 2.24) is 25.3 Å². The van der Waals surface area contributed by atoms with Crippen LogP contribution in [0, 0.1) is 6.92 Å². The maximum Gasteiger partial charge on any atom is 0.281 e. The summed E-state index contributed by atoms with van der Waals surface area (Å²) in [6, 6.07) is 1.91. The van der Waals surface area contributed by atoms with E-state index in [1.807, 2.05) is 13.0 Å². The summed E-state index contributed by atoms with van der Waals surface area (Å²) >= 11 is 0. The quantitative estimate of drug-likeness (QED) is 0.825. The fraction of sp³-hybridized carbons (Fsp3) is 0.467. The van der Waals surface area contributed by atoms with Crippen LogP contribution in [0.25, 0.3) is 0 Å². The SMILES string of the molecule is COc1nn(C)nc1C(=O)Nc1cc(C)cnc1N1CCNCC1. The highest BCUT2D eigenvalue weighted by atomic mass is 16.5. The molecule has 0 bridgehead atoms. The van der Waals surface area contributed by atoms with Crippen molar-refractivity contribution in [2.45, 2.75) is 6.92 Å². The third-order valence-corrected chi connectivity index (χ3v) is 3.76. The summed E-state index contributed by atoms with van der Waals surface area (Å²) in [6.45, 7) is 5.40. The summed E-state index contributed by atoms with van der Waals surface area (Å²) in [6.07, 6.45) is 1.80. The van der Waals surface area contributed by atoms with Crippen molar-refractivity contribution in [3.63, 3.8) is 0 Å². The molecule has 0 radical (unpaired) electrons. The molecule has 1 aliphatic heterocycles. The maximum absolute atomic E-state index is 12.6. The smallest absolute Gasteiger partial charge is 0.281 e. The molecule has 0 atom stereocenters. The number of aromatic nitrogens is 4. The van der Waals surface area contributed by atoms with Crippen molar-refractivity contribution in [3.05, 3.63) is 23.5 Å². The molecule has 0 aliphatic carbocycles. The van der Waals surface area contributed by atoms with Crippen molar-refractivity contribution < 1.29 is 9.53 Å². The molecular weight excluding hydrogens is 310 g/mol. The van der Waals surface area contributed by atoms with Crippen LogP contribution in [0.1, 0.15) is 16.1 Å². The Morgan fingerprint density at radius 1 is 1.33 bits per heavy atom. The van der Waals surface area contributed by atoms with Gasteiger partial charge in [-0.2, -0.15) is 4.80 Å². The van der Waals surface area contributed by atoms with Crippen LogP contribution in [-0.2, 0) is 7.05 Å². The molecule has 2 N–H and O–H groups in total. The number of hydrogen-bond acceptors (Lipinski definition) is 7. The number of carbonyl (C=O) groups excluding carboxylic acids is 1. The van der Waals surface area contributed by atoms with Gasteiger partial charge in [0, 0.05) is 39.4 Å². The summed E-state index contributed by atoms with van der Waals surface area (Å²) in [5.41, 5.74) is 1.78. The van der Waals surface area contributed by atoms with E-state index in [4.69, 9.17) is 4.74 Å². The molecule has 128 valence electrons. The van der Waals surface area contributed by atoms with Gasteiger partial charge in [-0.05, 0) is 18.6 Å². The molecule has 9 nitrogen and oxygen atoms in total. The number of anilines is 2. The van der Waals surface area contributed by atoms with Gasteiger partial charge in [-0.15, -0.1) is 10.2 Å². The van der Waals surface area contributed by atoms with Crippen molar-refractivity contribution in [1.29, 1.82) is 0 Å². The second-order valence-electron chi connectivity index (χ2n) is 5.62. The van der Waals surface area contributed by atoms with Crippen LogP contribution in [0.15, 0.2) is 12.3 Å². The van der Waals surface area contributed by atoms with Gasteiger partial charge in [0.15, 0.2) is 5.82 Å². The molecule has 0 spiro atoms. The Kier molecular flexibility index (Phi) is 4.61. The Labute approximate surface area is 140 Å². The van der Waals surface area contributed by atoms with Crippen molar-refractivity contribution in [2.24, 2.45) is 7.05 Å². The second kappa shape index (κ2) is 6.83. The second-order valence-corrected chi connectivity index (χ2v) is 5.62. The minimum Gasteiger partial charge on any atom is -0.478 e. The summed E-state index contributed by atoms with van der Waals surface area (Å²) in [4.78, 5) is 20.6. The summed E-state index contributed by atoms with van der Waals surface area (Å²) < 4.78 is 5.11. The number of rotatable bonds is 4. The number of nitrogens with one attached hydrogen (secondary N) is 2. The Hall–Kier alpha value is -2.68. The van der Waals surface area contributed by atoms with Crippen LogP contribution in [0.2, 0.25) is 0 Å². The van der Waals surface area contributed by atoms with Crippen LogP contribution < -0.4 is 20.3 Å². The third kappa shape index (κ3) is 3.30. The highest BCUT2D eigenvalue weighted by Crippen LogP contribution is 2.26. The molecule has 0 unspecified atom stereocenters. The zero-order chi connectivity index (χ0) is 17.1. The van der Waals surface area contributed by atoms with E-state index in [9.17, 15) is 4.79 Å². The molecule has 0 saturated carbocycles. The van der Waals surface area contributed by atoms with Crippen molar-refractivity contribution in [2.75, 3.05) is 43.5 Å². The Bertz CT molecular complexity index is 737. The first-order valence-corrected chi connectivity index (χ1v) is 7.77. The maximum atomic E-state index is 12.6. The van der Waals surface area contributed by atoms with Gasteiger partial charge < -0.3 is 20.3 Å². The van der Waals surface area contributed by atoms with Gasteiger partial charge in [-0.25, -0.2) is 4.98 Å². The van der Waals surface area contributed by atoms with E-state index in [-0.39, 0.29) is 17.5 Å². The number of pyridine rings is 1. The van der Waals surface area contributed by atoms with Crippen LogP contribution in [0.4, 0.5) is 11.5 Å². The summed E-state index contributed by atoms with van der Waals surface area (Å²) in [7, 11) is 3.10. The van der Waals surface area contributed by atoms with Crippen LogP contribution in [0.3, 0.4) is 0 Å². The molecule has 9 heteroatoms. The van der Waals surface area contributed by atoms with Crippen LogP contribution in [0.5, 0.6) is 5.88 Å². The van der Waals surface area contributed by atoms with E-state index in [1.165, 1.54) is 11.9 Å². The van der Waals surface area contributed by atoms with Crippen molar-refractivity contribution >= 4 is 17.4 Å². The van der Waals surface area contributed by atoms with E-state index in [2.05, 4.69) is 30.7 Å². The van der Waals surface area contributed by atoms with Gasteiger partial charge in [0.25, 0.3) is 11.8 Å². The number of nitrogens with zero attached hydrogens (tertiary/aromatic N) is 5. The number of piperazine rings is 1. The van der Waals surface area contributed by atoms with Crippen LogP contribution >= 0.6 is 0 Å². The lowest BCUT2D eigenvalue weighted by Gasteiger charge is -2.30. The summed E-state index contributed by atoms with van der Waals surface area (Å²) in [5, 5.41) is 14.3. The lowest BCUT2D eigenvalue weighted by molar-refractivity contribution is 0.101. The normalized spacial score (nSPS) is 14.5. The number of aryl methyl sites for hydroxylation is 2. The zero-order valence-electron chi connectivity index (χ0n) is 14.0. The first kappa shape index (κ1) is 16.2. The topological polar surface area (TPSA) is 97.2 Å². The number of carbonyl (C=O) groups is 1. The van der Waals surface area contributed by atoms with Gasteiger partial charge in [0.05, 0.1) is 12.8 Å². The van der Waals surface area contributed by atoms with E-state index in [0.29, 0.717) is 5.69 Å². The lowest BCUT2D eigenvalue weighted by Crippen LogP contribution is -2.44. The van der Waals surface area contributed by atoms with Gasteiger partial charge in [0.2, 0.25) is 5.69 Å². The van der Waals surface area contributed by atoms with Gasteiger partial charge in [-0.1, -0.05) is 0 Å². The van der Waals surface area contributed by atoms with E-state index >= 15 is 0 Å². The molecule has 1 aliphatic rings. The molecular formula is C15H21N7O2. The van der Waals surface area contributed by atoms with Crippen molar-refractivity contribution in [3.8, 4) is 5.88 Å². The van der Waals surface area contributed by atoms with E-state index in [1.54, 1.807) is 13.2 Å². The molecule has 24 heavy (non-hydrogen) atoms. The van der Waals surface area contributed by atoms with Crippen LogP contribution in [-0.4, -0.2) is 59.2 Å². The van der Waals surface area contributed by atoms with Gasteiger partial charge >= 0.3 is 0 Å². The Morgan fingerprint density at radius 3 is 2.79 bits per heavy atom. The summed E-state index contributed by atoms with van der Waals surface area (Å²) in [5.74, 6) is 0.585. The number of amides is 1. The number of methoxy groups -OCH3 is 1. The zero-order valence-corrected chi connectivity index (χ0v) is 14.0. The molecule has 3 rings (SSSR count). The third-order valence-electron chi connectivity index (χ3n) is 3.76. The minimum atomic E-state index is -0.372. The molecule has 1 saturated heterocycles. The number of ether oxygens (including phenoxy) is 1. The predicted octanol–water partition coefficient (Wildman–Crippen LogP) is 0.189. The first-order chi connectivity index (χ1) is 11.6. The molecule has 2 aromatic rings.